The standard InChI is InChI=1S/C17H17Cl2N7O/c18-12-7-21-17(22-8-12)25-5-3-14(4-6-25)26-23-9-13(24-26)11-27-15-1-2-16(19)20-10-15/h1-2,7-10,14H,3-6,11H2. The lowest BCUT2D eigenvalue weighted by Crippen LogP contribution is -2.36. The molecule has 140 valence electrons. The van der Waals surface area contributed by atoms with Gasteiger partial charge in [-0.1, -0.05) is 23.2 Å². The van der Waals surface area contributed by atoms with Crippen LogP contribution in [-0.2, 0) is 6.61 Å². The Balaban J connectivity index is 1.31. The zero-order valence-electron chi connectivity index (χ0n) is 14.4. The summed E-state index contributed by atoms with van der Waals surface area (Å²) in [7, 11) is 0. The summed E-state index contributed by atoms with van der Waals surface area (Å²) in [5.41, 5.74) is 0.772. The molecule has 1 fully saturated rings. The van der Waals surface area contributed by atoms with Gasteiger partial charge in [-0.25, -0.2) is 15.0 Å². The Labute approximate surface area is 166 Å². The lowest BCUT2D eigenvalue weighted by Gasteiger charge is -2.31. The highest BCUT2D eigenvalue weighted by molar-refractivity contribution is 6.30. The highest BCUT2D eigenvalue weighted by Gasteiger charge is 2.23. The Morgan fingerprint density at radius 3 is 2.48 bits per heavy atom. The summed E-state index contributed by atoms with van der Waals surface area (Å²) in [6, 6.07) is 3.71. The van der Waals surface area contributed by atoms with Crippen LogP contribution in [0.3, 0.4) is 0 Å². The van der Waals surface area contributed by atoms with Crippen molar-refractivity contribution in [2.24, 2.45) is 0 Å². The molecular formula is C17H17Cl2N7O. The minimum Gasteiger partial charge on any atom is -0.486 e. The van der Waals surface area contributed by atoms with Crippen molar-refractivity contribution in [2.75, 3.05) is 18.0 Å². The van der Waals surface area contributed by atoms with E-state index >= 15 is 0 Å². The lowest BCUT2D eigenvalue weighted by atomic mass is 10.1. The van der Waals surface area contributed by atoms with Gasteiger partial charge in [-0.2, -0.15) is 15.0 Å². The molecule has 10 heteroatoms. The second-order valence-corrected chi connectivity index (χ2v) is 7.00. The van der Waals surface area contributed by atoms with Crippen molar-refractivity contribution in [1.82, 2.24) is 29.9 Å². The predicted molar refractivity (Wildman–Crippen MR) is 101 cm³/mol. The second-order valence-electron chi connectivity index (χ2n) is 6.18. The number of ether oxygens (including phenoxy) is 1. The predicted octanol–water partition coefficient (Wildman–Crippen LogP) is 3.19. The molecule has 0 bridgehead atoms. The maximum Gasteiger partial charge on any atom is 0.225 e. The highest BCUT2D eigenvalue weighted by Crippen LogP contribution is 2.24. The Kier molecular flexibility index (Phi) is 5.35. The Morgan fingerprint density at radius 1 is 1.00 bits per heavy atom. The third-order valence-corrected chi connectivity index (χ3v) is 4.74. The second kappa shape index (κ2) is 8.06. The van der Waals surface area contributed by atoms with E-state index in [4.69, 9.17) is 27.9 Å². The number of nitrogens with zero attached hydrogens (tertiary/aromatic N) is 7. The van der Waals surface area contributed by atoms with Crippen molar-refractivity contribution in [1.29, 1.82) is 0 Å². The van der Waals surface area contributed by atoms with Crippen LogP contribution in [0.15, 0.2) is 36.9 Å². The molecular weight excluding hydrogens is 389 g/mol. The van der Waals surface area contributed by atoms with Gasteiger partial charge in [-0.15, -0.1) is 0 Å². The number of halogens is 2. The zero-order valence-corrected chi connectivity index (χ0v) is 15.9. The zero-order chi connectivity index (χ0) is 18.6. The lowest BCUT2D eigenvalue weighted by molar-refractivity contribution is 0.291. The van der Waals surface area contributed by atoms with Crippen LogP contribution in [0.1, 0.15) is 24.6 Å². The quantitative estimate of drug-likeness (QED) is 0.602. The first-order chi connectivity index (χ1) is 13.2. The van der Waals surface area contributed by atoms with Crippen LogP contribution in [-0.4, -0.2) is 43.0 Å². The molecule has 0 radical (unpaired) electrons. The summed E-state index contributed by atoms with van der Waals surface area (Å²) in [6.07, 6.45) is 8.39. The summed E-state index contributed by atoms with van der Waals surface area (Å²) < 4.78 is 5.66. The van der Waals surface area contributed by atoms with Crippen molar-refractivity contribution >= 4 is 29.2 Å². The van der Waals surface area contributed by atoms with Crippen LogP contribution in [0, 0.1) is 0 Å². The monoisotopic (exact) mass is 405 g/mol. The van der Waals surface area contributed by atoms with E-state index in [0.717, 1.165) is 31.6 Å². The van der Waals surface area contributed by atoms with E-state index < -0.39 is 0 Å². The van der Waals surface area contributed by atoms with E-state index in [1.165, 1.54) is 0 Å². The first-order valence-corrected chi connectivity index (χ1v) is 9.30. The van der Waals surface area contributed by atoms with Crippen LogP contribution < -0.4 is 9.64 Å². The average molecular weight is 406 g/mol. The van der Waals surface area contributed by atoms with Crippen LogP contribution in [0.25, 0.3) is 0 Å². The molecule has 8 nitrogen and oxygen atoms in total. The average Bonchev–Trinajstić information content (AvgIpc) is 3.17. The minimum absolute atomic E-state index is 0.250. The number of anilines is 1. The van der Waals surface area contributed by atoms with Crippen molar-refractivity contribution in [3.05, 3.63) is 52.8 Å². The summed E-state index contributed by atoms with van der Waals surface area (Å²) in [5.74, 6) is 1.35. The van der Waals surface area contributed by atoms with E-state index in [1.54, 1.807) is 41.7 Å². The Hall–Kier alpha value is -2.45. The fourth-order valence-electron chi connectivity index (χ4n) is 2.92. The van der Waals surface area contributed by atoms with Gasteiger partial charge in [-0.3, -0.25) is 0 Å². The van der Waals surface area contributed by atoms with Gasteiger partial charge < -0.3 is 9.64 Å². The Morgan fingerprint density at radius 2 is 1.78 bits per heavy atom. The van der Waals surface area contributed by atoms with Gasteiger partial charge in [0.25, 0.3) is 0 Å². The van der Waals surface area contributed by atoms with Gasteiger partial charge in [0, 0.05) is 13.1 Å². The van der Waals surface area contributed by atoms with Crippen LogP contribution >= 0.6 is 23.2 Å². The van der Waals surface area contributed by atoms with E-state index in [1.807, 2.05) is 0 Å². The van der Waals surface area contributed by atoms with E-state index in [9.17, 15) is 0 Å². The summed E-state index contributed by atoms with van der Waals surface area (Å²) in [5, 5.41) is 9.91. The van der Waals surface area contributed by atoms with E-state index in [2.05, 4.69) is 30.0 Å². The third kappa shape index (κ3) is 4.45. The van der Waals surface area contributed by atoms with Crippen LogP contribution in [0.5, 0.6) is 5.75 Å². The normalized spacial score (nSPS) is 15.1. The van der Waals surface area contributed by atoms with Crippen LogP contribution in [0.4, 0.5) is 5.95 Å². The van der Waals surface area contributed by atoms with Gasteiger partial charge in [0.15, 0.2) is 0 Å². The molecule has 3 aromatic rings. The summed E-state index contributed by atoms with van der Waals surface area (Å²) in [4.78, 5) is 16.5. The minimum atomic E-state index is 0.250. The fourth-order valence-corrected chi connectivity index (χ4v) is 3.13. The van der Waals surface area contributed by atoms with Crippen molar-refractivity contribution in [3.63, 3.8) is 0 Å². The van der Waals surface area contributed by atoms with Crippen molar-refractivity contribution in [2.45, 2.75) is 25.5 Å². The highest BCUT2D eigenvalue weighted by atomic mass is 35.5. The molecule has 3 aromatic heterocycles. The topological polar surface area (TPSA) is 81.9 Å². The van der Waals surface area contributed by atoms with Gasteiger partial charge in [-0.05, 0) is 25.0 Å². The Bertz CT molecular complexity index is 877. The number of pyridine rings is 1. The molecule has 0 atom stereocenters. The smallest absolute Gasteiger partial charge is 0.225 e. The van der Waals surface area contributed by atoms with E-state index in [-0.39, 0.29) is 6.04 Å². The summed E-state index contributed by atoms with van der Waals surface area (Å²) in [6.45, 7) is 2.02. The molecule has 0 aromatic carbocycles. The van der Waals surface area contributed by atoms with Crippen molar-refractivity contribution in [3.8, 4) is 5.75 Å². The van der Waals surface area contributed by atoms with Crippen LogP contribution in [0.2, 0.25) is 10.2 Å². The molecule has 1 aliphatic heterocycles. The molecule has 0 N–H and O–H groups in total. The number of hydrogen-bond donors (Lipinski definition) is 0. The molecule has 0 saturated carbocycles. The molecule has 0 amide bonds. The van der Waals surface area contributed by atoms with Gasteiger partial charge in [0.2, 0.25) is 5.95 Å². The maximum atomic E-state index is 5.84. The molecule has 1 saturated heterocycles. The number of aromatic nitrogens is 6. The molecule has 0 aliphatic carbocycles. The number of piperidine rings is 1. The molecule has 0 unspecified atom stereocenters. The maximum absolute atomic E-state index is 5.84. The molecule has 4 rings (SSSR count). The largest absolute Gasteiger partial charge is 0.486 e. The van der Waals surface area contributed by atoms with E-state index in [0.29, 0.717) is 28.5 Å². The molecule has 27 heavy (non-hydrogen) atoms. The molecule has 1 aliphatic rings. The fraction of sp³-hybridized carbons (Fsp3) is 0.353. The van der Waals surface area contributed by atoms with Gasteiger partial charge in [0.1, 0.15) is 23.2 Å². The SMILES string of the molecule is Clc1cnc(N2CCC(n3ncc(COc4ccc(Cl)nc4)n3)CC2)nc1. The first kappa shape index (κ1) is 17.9. The number of hydrogen-bond acceptors (Lipinski definition) is 7. The first-order valence-electron chi connectivity index (χ1n) is 8.55. The molecule has 0 spiro atoms. The molecule has 4 heterocycles. The van der Waals surface area contributed by atoms with Gasteiger partial charge in [0.05, 0.1) is 35.9 Å². The van der Waals surface area contributed by atoms with Crippen molar-refractivity contribution < 1.29 is 4.74 Å². The third-order valence-electron chi connectivity index (χ3n) is 4.32. The number of rotatable bonds is 5. The van der Waals surface area contributed by atoms with Gasteiger partial charge >= 0.3 is 0 Å². The summed E-state index contributed by atoms with van der Waals surface area (Å²) >= 11 is 11.6.